The van der Waals surface area contributed by atoms with E-state index in [0.717, 1.165) is 12.3 Å². The van der Waals surface area contributed by atoms with Crippen LogP contribution in [0, 0.1) is 17.5 Å². The lowest BCUT2D eigenvalue weighted by Gasteiger charge is -2.36. The van der Waals surface area contributed by atoms with Crippen LogP contribution in [-0.2, 0) is 12.6 Å². The number of fused-ring (bicyclic) bond motifs is 3. The van der Waals surface area contributed by atoms with Crippen LogP contribution in [0.15, 0.2) is 41.0 Å². The number of benzene rings is 2. The predicted molar refractivity (Wildman–Crippen MR) is 117 cm³/mol. The third kappa shape index (κ3) is 3.70. The van der Waals surface area contributed by atoms with Crippen molar-refractivity contribution in [3.63, 3.8) is 0 Å². The molecule has 1 aliphatic rings. The summed E-state index contributed by atoms with van der Waals surface area (Å²) in [4.78, 5) is 12.0. The third-order valence-corrected chi connectivity index (χ3v) is 6.62. The Balaban J connectivity index is 1.75. The second-order valence-corrected chi connectivity index (χ2v) is 8.94. The standard InChI is InChI=1S/C22H12BrClF6N4/c23-12-2-1-10(17(26)18(12)27)20-19-9(11-7-13(24)14(25)8-15(11)32-19)4-6-34(20)21-31-5-3-16(33-21)22(28,29)30/h1-3,5,7-8,20,32H,4,6H2. The van der Waals surface area contributed by atoms with E-state index in [1.807, 2.05) is 0 Å². The molecule has 176 valence electrons. The largest absolute Gasteiger partial charge is 0.433 e. The highest BCUT2D eigenvalue weighted by Gasteiger charge is 2.38. The average Bonchev–Trinajstić information content (AvgIpc) is 3.14. The van der Waals surface area contributed by atoms with Crippen molar-refractivity contribution in [2.45, 2.75) is 18.6 Å². The molecule has 0 spiro atoms. The maximum absolute atomic E-state index is 15.1. The minimum atomic E-state index is -4.72. The van der Waals surface area contributed by atoms with Crippen molar-refractivity contribution in [1.29, 1.82) is 0 Å². The van der Waals surface area contributed by atoms with Gasteiger partial charge in [0.05, 0.1) is 9.50 Å². The zero-order valence-electron chi connectivity index (χ0n) is 16.8. The lowest BCUT2D eigenvalue weighted by molar-refractivity contribution is -0.141. The number of nitrogens with zero attached hydrogens (tertiary/aromatic N) is 3. The van der Waals surface area contributed by atoms with Crippen molar-refractivity contribution in [3.8, 4) is 0 Å². The van der Waals surface area contributed by atoms with Gasteiger partial charge >= 0.3 is 6.18 Å². The van der Waals surface area contributed by atoms with Crippen LogP contribution in [0.4, 0.5) is 32.3 Å². The molecule has 0 bridgehead atoms. The van der Waals surface area contributed by atoms with Crippen LogP contribution in [-0.4, -0.2) is 21.5 Å². The SMILES string of the molecule is Fc1cc2[nH]c3c(c2cc1Cl)CCN(c1nccc(C(F)(F)F)n1)C3c1ccc(Br)c(F)c1F. The first-order valence-electron chi connectivity index (χ1n) is 9.86. The molecule has 1 N–H and O–H groups in total. The number of aromatic nitrogens is 3. The number of hydrogen-bond donors (Lipinski definition) is 1. The Kier molecular flexibility index (Phi) is 5.51. The van der Waals surface area contributed by atoms with Gasteiger partial charge in [-0.25, -0.2) is 23.1 Å². The highest BCUT2D eigenvalue weighted by Crippen LogP contribution is 2.42. The number of rotatable bonds is 2. The van der Waals surface area contributed by atoms with E-state index < -0.39 is 35.4 Å². The molecule has 1 aliphatic heterocycles. The van der Waals surface area contributed by atoms with Gasteiger partial charge in [0.2, 0.25) is 5.95 Å². The zero-order valence-corrected chi connectivity index (χ0v) is 19.2. The van der Waals surface area contributed by atoms with Gasteiger partial charge in [-0.05, 0) is 52.2 Å². The van der Waals surface area contributed by atoms with Crippen LogP contribution in [0.25, 0.3) is 10.9 Å². The fourth-order valence-corrected chi connectivity index (χ4v) is 4.69. The molecule has 2 aromatic heterocycles. The molecule has 4 nitrogen and oxygen atoms in total. The van der Waals surface area contributed by atoms with E-state index in [4.69, 9.17) is 11.6 Å². The summed E-state index contributed by atoms with van der Waals surface area (Å²) >= 11 is 8.88. The number of hydrogen-bond acceptors (Lipinski definition) is 3. The molecule has 12 heteroatoms. The van der Waals surface area contributed by atoms with E-state index >= 15 is 4.39 Å². The van der Waals surface area contributed by atoms with Crippen LogP contribution in [0.2, 0.25) is 5.02 Å². The first-order valence-corrected chi connectivity index (χ1v) is 11.0. The van der Waals surface area contributed by atoms with Crippen molar-refractivity contribution < 1.29 is 26.3 Å². The van der Waals surface area contributed by atoms with Gasteiger partial charge in [-0.1, -0.05) is 17.7 Å². The minimum Gasteiger partial charge on any atom is -0.356 e. The summed E-state index contributed by atoms with van der Waals surface area (Å²) < 4.78 is 83.5. The van der Waals surface area contributed by atoms with Gasteiger partial charge in [-0.2, -0.15) is 13.2 Å². The number of alkyl halides is 3. The monoisotopic (exact) mass is 560 g/mol. The lowest BCUT2D eigenvalue weighted by Crippen LogP contribution is -2.38. The molecule has 4 aromatic rings. The van der Waals surface area contributed by atoms with Gasteiger partial charge in [0.1, 0.15) is 17.6 Å². The van der Waals surface area contributed by atoms with E-state index in [1.54, 1.807) is 0 Å². The number of anilines is 1. The molecular weight excluding hydrogens is 550 g/mol. The molecule has 0 saturated heterocycles. The van der Waals surface area contributed by atoms with Gasteiger partial charge in [0.15, 0.2) is 11.6 Å². The van der Waals surface area contributed by atoms with Crippen LogP contribution < -0.4 is 4.90 Å². The maximum Gasteiger partial charge on any atom is 0.433 e. The van der Waals surface area contributed by atoms with E-state index in [-0.39, 0.29) is 34.0 Å². The van der Waals surface area contributed by atoms with E-state index in [9.17, 15) is 22.0 Å². The summed E-state index contributed by atoms with van der Waals surface area (Å²) in [6.45, 7) is 0.0814. The normalized spacial score (nSPS) is 16.2. The number of nitrogens with one attached hydrogen (secondary N) is 1. The second-order valence-electron chi connectivity index (χ2n) is 7.68. The highest BCUT2D eigenvalue weighted by molar-refractivity contribution is 9.10. The fourth-order valence-electron chi connectivity index (χ4n) is 4.22. The van der Waals surface area contributed by atoms with Crippen LogP contribution in [0.1, 0.15) is 28.6 Å². The van der Waals surface area contributed by atoms with Gasteiger partial charge in [0.25, 0.3) is 0 Å². The Morgan fingerprint density at radius 1 is 1.09 bits per heavy atom. The third-order valence-electron chi connectivity index (χ3n) is 5.72. The van der Waals surface area contributed by atoms with Crippen molar-refractivity contribution in [2.75, 3.05) is 11.4 Å². The van der Waals surface area contributed by atoms with Gasteiger partial charge in [-0.15, -0.1) is 0 Å². The number of aromatic amines is 1. The molecule has 0 amide bonds. The van der Waals surface area contributed by atoms with Gasteiger partial charge < -0.3 is 9.88 Å². The molecule has 0 fully saturated rings. The van der Waals surface area contributed by atoms with Gasteiger partial charge in [-0.3, -0.25) is 0 Å². The summed E-state index contributed by atoms with van der Waals surface area (Å²) in [5.41, 5.74) is 0.0508. The first kappa shape index (κ1) is 23.0. The van der Waals surface area contributed by atoms with Crippen LogP contribution in [0.5, 0.6) is 0 Å². The molecule has 0 saturated carbocycles. The lowest BCUT2D eigenvalue weighted by atomic mass is 9.92. The summed E-state index contributed by atoms with van der Waals surface area (Å²) in [7, 11) is 0. The van der Waals surface area contributed by atoms with Crippen molar-refractivity contribution in [2.24, 2.45) is 0 Å². The van der Waals surface area contributed by atoms with E-state index in [1.165, 1.54) is 29.2 Å². The molecule has 1 unspecified atom stereocenters. The molecule has 3 heterocycles. The molecule has 5 rings (SSSR count). The topological polar surface area (TPSA) is 44.8 Å². The summed E-state index contributed by atoms with van der Waals surface area (Å²) in [5.74, 6) is -3.33. The molecule has 34 heavy (non-hydrogen) atoms. The quantitative estimate of drug-likeness (QED) is 0.213. The smallest absolute Gasteiger partial charge is 0.356 e. The second kappa shape index (κ2) is 8.16. The van der Waals surface area contributed by atoms with Crippen molar-refractivity contribution in [1.82, 2.24) is 15.0 Å². The molecule has 1 atom stereocenters. The average molecular weight is 562 g/mol. The Morgan fingerprint density at radius 3 is 2.59 bits per heavy atom. The Bertz CT molecular complexity index is 1440. The number of halogens is 8. The van der Waals surface area contributed by atoms with E-state index in [0.29, 0.717) is 22.2 Å². The molecular formula is C22H12BrClF6N4. The predicted octanol–water partition coefficient (Wildman–Crippen LogP) is 6.96. The summed E-state index contributed by atoms with van der Waals surface area (Å²) in [5, 5.41) is 0.462. The van der Waals surface area contributed by atoms with E-state index in [2.05, 4.69) is 30.9 Å². The van der Waals surface area contributed by atoms with Gasteiger partial charge in [0, 0.05) is 34.9 Å². The molecule has 2 aromatic carbocycles. The van der Waals surface area contributed by atoms with Crippen LogP contribution >= 0.6 is 27.5 Å². The molecule has 0 aliphatic carbocycles. The highest BCUT2D eigenvalue weighted by atomic mass is 79.9. The number of H-pyrrole nitrogens is 1. The van der Waals surface area contributed by atoms with Crippen molar-refractivity contribution in [3.05, 3.63) is 86.0 Å². The molecule has 0 radical (unpaired) electrons. The first-order chi connectivity index (χ1) is 16.1. The fraction of sp³-hybridized carbons (Fsp3) is 0.182. The minimum absolute atomic E-state index is 0.0814. The Morgan fingerprint density at radius 2 is 1.85 bits per heavy atom. The van der Waals surface area contributed by atoms with Crippen molar-refractivity contribution >= 4 is 44.4 Å². The van der Waals surface area contributed by atoms with Crippen LogP contribution in [0.3, 0.4) is 0 Å². The summed E-state index contributed by atoms with van der Waals surface area (Å²) in [6.07, 6.45) is -3.48. The Labute approximate surface area is 201 Å². The Hall–Kier alpha value is -2.79. The zero-order chi connectivity index (χ0) is 24.4. The summed E-state index contributed by atoms with van der Waals surface area (Å²) in [6, 6.07) is 4.82. The maximum atomic E-state index is 15.1.